The van der Waals surface area contributed by atoms with Crippen LogP contribution in [0.15, 0.2) is 0 Å². The Bertz CT molecular complexity index is 123. The van der Waals surface area contributed by atoms with Gasteiger partial charge in [0.05, 0.1) is 0 Å². The van der Waals surface area contributed by atoms with Crippen LogP contribution in [0, 0.1) is 5.92 Å². The van der Waals surface area contributed by atoms with Crippen LogP contribution in [0.25, 0.3) is 0 Å². The standard InChI is InChI=1S/C10H25N3/c1-9(10(2)11)8-13(5)7-6-12(3)4/h9-10H,6-8,11H2,1-5H3. The summed E-state index contributed by atoms with van der Waals surface area (Å²) in [6.45, 7) is 7.60. The van der Waals surface area contributed by atoms with Crippen molar-refractivity contribution in [3.05, 3.63) is 0 Å². The molecule has 0 heterocycles. The van der Waals surface area contributed by atoms with Gasteiger partial charge in [0.2, 0.25) is 0 Å². The number of hydrogen-bond donors (Lipinski definition) is 1. The smallest absolute Gasteiger partial charge is 0.0106 e. The van der Waals surface area contributed by atoms with Crippen LogP contribution in [-0.4, -0.2) is 56.6 Å². The summed E-state index contributed by atoms with van der Waals surface area (Å²) in [4.78, 5) is 4.54. The van der Waals surface area contributed by atoms with E-state index in [1.165, 1.54) is 0 Å². The van der Waals surface area contributed by atoms with Crippen molar-refractivity contribution in [2.45, 2.75) is 19.9 Å². The molecular weight excluding hydrogens is 162 g/mol. The second-order valence-corrected chi connectivity index (χ2v) is 4.40. The molecule has 0 amide bonds. The van der Waals surface area contributed by atoms with Crippen LogP contribution < -0.4 is 5.73 Å². The van der Waals surface area contributed by atoms with Gasteiger partial charge in [0, 0.05) is 25.7 Å². The summed E-state index contributed by atoms with van der Waals surface area (Å²) in [7, 11) is 6.36. The third-order valence-electron chi connectivity index (χ3n) is 2.43. The van der Waals surface area contributed by atoms with E-state index in [0.29, 0.717) is 12.0 Å². The maximum Gasteiger partial charge on any atom is 0.0106 e. The molecule has 0 bridgehead atoms. The molecule has 0 aromatic carbocycles. The maximum atomic E-state index is 5.80. The van der Waals surface area contributed by atoms with Gasteiger partial charge in [-0.2, -0.15) is 0 Å². The van der Waals surface area contributed by atoms with Crippen molar-refractivity contribution in [3.63, 3.8) is 0 Å². The Kier molecular flexibility index (Phi) is 6.29. The molecule has 0 fully saturated rings. The average molecular weight is 187 g/mol. The predicted octanol–water partition coefficient (Wildman–Crippen LogP) is 0.463. The first-order chi connectivity index (χ1) is 5.93. The number of hydrogen-bond acceptors (Lipinski definition) is 3. The Hall–Kier alpha value is -0.120. The first-order valence-corrected chi connectivity index (χ1v) is 5.02. The average Bonchev–Trinajstić information content (AvgIpc) is 2.00. The Morgan fingerprint density at radius 1 is 1.08 bits per heavy atom. The topological polar surface area (TPSA) is 32.5 Å². The summed E-state index contributed by atoms with van der Waals surface area (Å²) in [5, 5.41) is 0. The molecule has 0 rings (SSSR count). The van der Waals surface area contributed by atoms with E-state index in [1.807, 2.05) is 0 Å². The summed E-state index contributed by atoms with van der Waals surface area (Å²) in [5.74, 6) is 0.576. The van der Waals surface area contributed by atoms with Crippen molar-refractivity contribution in [2.75, 3.05) is 40.8 Å². The van der Waals surface area contributed by atoms with E-state index in [2.05, 4.69) is 44.8 Å². The molecule has 0 aromatic rings. The van der Waals surface area contributed by atoms with Crippen LogP contribution in [0.5, 0.6) is 0 Å². The van der Waals surface area contributed by atoms with Gasteiger partial charge in [-0.25, -0.2) is 0 Å². The van der Waals surface area contributed by atoms with Gasteiger partial charge in [0.1, 0.15) is 0 Å². The zero-order valence-corrected chi connectivity index (χ0v) is 9.75. The molecule has 0 saturated carbocycles. The Balaban J connectivity index is 3.55. The number of rotatable bonds is 6. The molecule has 0 saturated heterocycles. The fraction of sp³-hybridized carbons (Fsp3) is 1.00. The van der Waals surface area contributed by atoms with Gasteiger partial charge in [0.15, 0.2) is 0 Å². The number of likely N-dealkylation sites (N-methyl/N-ethyl adjacent to an activating group) is 2. The van der Waals surface area contributed by atoms with Gasteiger partial charge in [0.25, 0.3) is 0 Å². The first kappa shape index (κ1) is 12.9. The van der Waals surface area contributed by atoms with Crippen LogP contribution in [0.1, 0.15) is 13.8 Å². The summed E-state index contributed by atoms with van der Waals surface area (Å²) in [6.07, 6.45) is 0. The third-order valence-corrected chi connectivity index (χ3v) is 2.43. The minimum atomic E-state index is 0.293. The van der Waals surface area contributed by atoms with Crippen molar-refractivity contribution < 1.29 is 0 Å². The van der Waals surface area contributed by atoms with Crippen LogP contribution in [0.3, 0.4) is 0 Å². The van der Waals surface area contributed by atoms with Gasteiger partial charge in [-0.05, 0) is 34.0 Å². The second-order valence-electron chi connectivity index (χ2n) is 4.40. The van der Waals surface area contributed by atoms with Crippen molar-refractivity contribution in [1.29, 1.82) is 0 Å². The lowest BCUT2D eigenvalue weighted by Crippen LogP contribution is -2.37. The molecule has 0 spiro atoms. The maximum absolute atomic E-state index is 5.80. The summed E-state index contributed by atoms with van der Waals surface area (Å²) in [6, 6.07) is 0.293. The zero-order chi connectivity index (χ0) is 10.4. The first-order valence-electron chi connectivity index (χ1n) is 5.02. The van der Waals surface area contributed by atoms with E-state index in [-0.39, 0.29) is 0 Å². The van der Waals surface area contributed by atoms with Crippen molar-refractivity contribution in [2.24, 2.45) is 11.7 Å². The van der Waals surface area contributed by atoms with E-state index in [1.54, 1.807) is 0 Å². The largest absolute Gasteiger partial charge is 0.328 e. The fourth-order valence-electron chi connectivity index (χ4n) is 1.12. The normalized spacial score (nSPS) is 16.6. The molecule has 0 aromatic heterocycles. The van der Waals surface area contributed by atoms with Crippen LogP contribution in [-0.2, 0) is 0 Å². The minimum absolute atomic E-state index is 0.293. The number of nitrogens with two attached hydrogens (primary N) is 1. The fourth-order valence-corrected chi connectivity index (χ4v) is 1.12. The van der Waals surface area contributed by atoms with E-state index >= 15 is 0 Å². The van der Waals surface area contributed by atoms with Crippen molar-refractivity contribution in [3.8, 4) is 0 Å². The summed E-state index contributed by atoms with van der Waals surface area (Å²) < 4.78 is 0. The van der Waals surface area contributed by atoms with Gasteiger partial charge in [-0.1, -0.05) is 6.92 Å². The highest BCUT2D eigenvalue weighted by Crippen LogP contribution is 2.01. The Labute approximate surface area is 82.9 Å². The molecular formula is C10H25N3. The van der Waals surface area contributed by atoms with Gasteiger partial charge in [-0.3, -0.25) is 0 Å². The Morgan fingerprint density at radius 3 is 2.00 bits per heavy atom. The molecule has 13 heavy (non-hydrogen) atoms. The van der Waals surface area contributed by atoms with Gasteiger partial charge < -0.3 is 15.5 Å². The van der Waals surface area contributed by atoms with Gasteiger partial charge >= 0.3 is 0 Å². The third kappa shape index (κ3) is 6.99. The van der Waals surface area contributed by atoms with E-state index in [9.17, 15) is 0 Å². The lowest BCUT2D eigenvalue weighted by Gasteiger charge is -2.24. The van der Waals surface area contributed by atoms with Crippen LogP contribution >= 0.6 is 0 Å². The van der Waals surface area contributed by atoms with Crippen LogP contribution in [0.4, 0.5) is 0 Å². The van der Waals surface area contributed by atoms with Crippen LogP contribution in [0.2, 0.25) is 0 Å². The van der Waals surface area contributed by atoms with E-state index < -0.39 is 0 Å². The minimum Gasteiger partial charge on any atom is -0.328 e. The lowest BCUT2D eigenvalue weighted by atomic mass is 10.0. The predicted molar refractivity (Wildman–Crippen MR) is 58.9 cm³/mol. The molecule has 2 atom stereocenters. The van der Waals surface area contributed by atoms with Crippen molar-refractivity contribution in [1.82, 2.24) is 9.80 Å². The van der Waals surface area contributed by atoms with E-state index in [4.69, 9.17) is 5.73 Å². The highest BCUT2D eigenvalue weighted by atomic mass is 15.1. The molecule has 3 heteroatoms. The molecule has 80 valence electrons. The quantitative estimate of drug-likeness (QED) is 0.656. The Morgan fingerprint density at radius 2 is 1.62 bits per heavy atom. The highest BCUT2D eigenvalue weighted by Gasteiger charge is 2.10. The monoisotopic (exact) mass is 187 g/mol. The molecule has 0 aliphatic heterocycles. The summed E-state index contributed by atoms with van der Waals surface area (Å²) in [5.41, 5.74) is 5.80. The van der Waals surface area contributed by atoms with E-state index in [0.717, 1.165) is 19.6 Å². The molecule has 0 aliphatic carbocycles. The SMILES string of the molecule is CC(N)C(C)CN(C)CCN(C)C. The molecule has 2 unspecified atom stereocenters. The highest BCUT2D eigenvalue weighted by molar-refractivity contribution is 4.67. The molecule has 0 radical (unpaired) electrons. The zero-order valence-electron chi connectivity index (χ0n) is 9.75. The number of nitrogens with zero attached hydrogens (tertiary/aromatic N) is 2. The lowest BCUT2D eigenvalue weighted by molar-refractivity contribution is 0.241. The van der Waals surface area contributed by atoms with Crippen molar-refractivity contribution >= 4 is 0 Å². The molecule has 3 nitrogen and oxygen atoms in total. The second kappa shape index (κ2) is 6.35. The molecule has 2 N–H and O–H groups in total. The summed E-state index contributed by atoms with van der Waals surface area (Å²) >= 11 is 0. The molecule has 0 aliphatic rings. The van der Waals surface area contributed by atoms with Gasteiger partial charge in [-0.15, -0.1) is 0 Å².